The van der Waals surface area contributed by atoms with E-state index in [9.17, 15) is 0 Å². The highest BCUT2D eigenvalue weighted by Gasteiger charge is 2.03. The number of hydrogen-bond donors (Lipinski definition) is 2. The number of nitrogens with zero attached hydrogens (tertiary/aromatic N) is 3. The van der Waals surface area contributed by atoms with Crippen molar-refractivity contribution in [1.82, 2.24) is 20.2 Å². The number of nitrogens with two attached hydrogens (primary N) is 1. The van der Waals surface area contributed by atoms with Crippen LogP contribution in [0.5, 0.6) is 0 Å². The molecular weight excluding hydrogens is 202 g/mol. The van der Waals surface area contributed by atoms with Gasteiger partial charge in [0.1, 0.15) is 0 Å². The predicted molar refractivity (Wildman–Crippen MR) is 61.5 cm³/mol. The summed E-state index contributed by atoms with van der Waals surface area (Å²) in [5.74, 6) is 0.932. The van der Waals surface area contributed by atoms with Gasteiger partial charge in [-0.05, 0) is 17.5 Å². The number of nitrogens with one attached hydrogen (secondary N) is 1. The van der Waals surface area contributed by atoms with Gasteiger partial charge in [0.2, 0.25) is 5.95 Å². The first kappa shape index (κ1) is 8.84. The predicted octanol–water partition coefficient (Wildman–Crippen LogP) is 1.60. The van der Waals surface area contributed by atoms with Crippen molar-refractivity contribution in [2.24, 2.45) is 0 Å². The molecule has 0 bridgehead atoms. The molecule has 2 aromatic heterocycles. The summed E-state index contributed by atoms with van der Waals surface area (Å²) in [6, 6.07) is 7.94. The number of fused-ring (bicyclic) bond motifs is 1. The Morgan fingerprint density at radius 3 is 2.88 bits per heavy atom. The third kappa shape index (κ3) is 1.38. The molecule has 5 nitrogen and oxygen atoms in total. The molecule has 0 aliphatic heterocycles. The summed E-state index contributed by atoms with van der Waals surface area (Å²) in [4.78, 5) is 8.15. The van der Waals surface area contributed by atoms with Crippen LogP contribution in [0, 0.1) is 0 Å². The highest BCUT2D eigenvalue weighted by molar-refractivity contribution is 5.85. The smallest absolute Gasteiger partial charge is 0.239 e. The molecule has 0 radical (unpaired) electrons. The second kappa shape index (κ2) is 3.30. The maximum atomic E-state index is 5.47. The Bertz CT molecular complexity index is 643. The SMILES string of the molecule is Nc1n[nH]c(-c2ccc3cnccc3c2)n1. The molecule has 5 heteroatoms. The van der Waals surface area contributed by atoms with E-state index in [0.29, 0.717) is 5.82 Å². The summed E-state index contributed by atoms with van der Waals surface area (Å²) in [5, 5.41) is 8.80. The van der Waals surface area contributed by atoms with Gasteiger partial charge in [-0.3, -0.25) is 10.1 Å². The Morgan fingerprint density at radius 2 is 2.06 bits per heavy atom. The fourth-order valence-electron chi connectivity index (χ4n) is 1.63. The lowest BCUT2D eigenvalue weighted by Crippen LogP contribution is -1.85. The summed E-state index contributed by atoms with van der Waals surface area (Å²) in [7, 11) is 0. The second-order valence-corrected chi connectivity index (χ2v) is 3.48. The zero-order chi connectivity index (χ0) is 11.0. The van der Waals surface area contributed by atoms with Crippen molar-refractivity contribution in [2.75, 3.05) is 5.73 Å². The van der Waals surface area contributed by atoms with Crippen molar-refractivity contribution in [2.45, 2.75) is 0 Å². The van der Waals surface area contributed by atoms with Crippen LogP contribution in [0.3, 0.4) is 0 Å². The molecule has 78 valence electrons. The lowest BCUT2D eigenvalue weighted by atomic mass is 10.1. The summed E-state index contributed by atoms with van der Waals surface area (Å²) in [6.45, 7) is 0. The molecule has 0 saturated heterocycles. The van der Waals surface area contributed by atoms with Gasteiger partial charge < -0.3 is 5.73 Å². The third-order valence-corrected chi connectivity index (χ3v) is 2.42. The standard InChI is InChI=1S/C11H9N5/c12-11-14-10(15-16-11)8-1-2-9-6-13-4-3-7(9)5-8/h1-6H,(H3,12,14,15,16). The molecule has 0 atom stereocenters. The van der Waals surface area contributed by atoms with E-state index in [1.54, 1.807) is 6.20 Å². The molecule has 0 aliphatic carbocycles. The fourth-order valence-corrected chi connectivity index (χ4v) is 1.63. The van der Waals surface area contributed by atoms with Crippen LogP contribution in [0.1, 0.15) is 0 Å². The average molecular weight is 211 g/mol. The van der Waals surface area contributed by atoms with Crippen molar-refractivity contribution >= 4 is 16.7 Å². The van der Waals surface area contributed by atoms with E-state index in [1.807, 2.05) is 30.5 Å². The van der Waals surface area contributed by atoms with Crippen molar-refractivity contribution in [3.05, 3.63) is 36.7 Å². The largest absolute Gasteiger partial charge is 0.366 e. The summed E-state index contributed by atoms with van der Waals surface area (Å²) in [6.07, 6.45) is 3.59. The Balaban J connectivity index is 2.18. The van der Waals surface area contributed by atoms with Crippen LogP contribution in [0.4, 0.5) is 5.95 Å². The zero-order valence-electron chi connectivity index (χ0n) is 8.38. The van der Waals surface area contributed by atoms with Crippen LogP contribution in [-0.4, -0.2) is 20.2 Å². The van der Waals surface area contributed by atoms with E-state index >= 15 is 0 Å². The molecule has 0 aliphatic rings. The number of aromatic amines is 1. The molecule has 1 aromatic carbocycles. The number of rotatable bonds is 1. The number of pyridine rings is 1. The second-order valence-electron chi connectivity index (χ2n) is 3.48. The Morgan fingerprint density at radius 1 is 1.12 bits per heavy atom. The quantitative estimate of drug-likeness (QED) is 0.640. The monoisotopic (exact) mass is 211 g/mol. The molecular formula is C11H9N5. The molecule has 0 spiro atoms. The summed E-state index contributed by atoms with van der Waals surface area (Å²) < 4.78 is 0. The number of anilines is 1. The van der Waals surface area contributed by atoms with Crippen molar-refractivity contribution in [1.29, 1.82) is 0 Å². The average Bonchev–Trinajstić information content (AvgIpc) is 2.75. The highest BCUT2D eigenvalue weighted by Crippen LogP contribution is 2.21. The van der Waals surface area contributed by atoms with Crippen LogP contribution in [0.2, 0.25) is 0 Å². The highest BCUT2D eigenvalue weighted by atomic mass is 15.3. The van der Waals surface area contributed by atoms with Crippen LogP contribution in [0.15, 0.2) is 36.7 Å². The Kier molecular flexibility index (Phi) is 1.83. The van der Waals surface area contributed by atoms with Crippen molar-refractivity contribution in [3.63, 3.8) is 0 Å². The third-order valence-electron chi connectivity index (χ3n) is 2.42. The first-order valence-electron chi connectivity index (χ1n) is 4.85. The van der Waals surface area contributed by atoms with Crippen LogP contribution in [-0.2, 0) is 0 Å². The van der Waals surface area contributed by atoms with E-state index < -0.39 is 0 Å². The van der Waals surface area contributed by atoms with E-state index in [2.05, 4.69) is 20.2 Å². The molecule has 0 fully saturated rings. The minimum absolute atomic E-state index is 0.254. The van der Waals surface area contributed by atoms with Gasteiger partial charge in [0.05, 0.1) is 0 Å². The number of hydrogen-bond acceptors (Lipinski definition) is 4. The van der Waals surface area contributed by atoms with Gasteiger partial charge in [-0.2, -0.15) is 4.98 Å². The van der Waals surface area contributed by atoms with Gasteiger partial charge >= 0.3 is 0 Å². The molecule has 2 heterocycles. The van der Waals surface area contributed by atoms with E-state index in [4.69, 9.17) is 5.73 Å². The van der Waals surface area contributed by atoms with Gasteiger partial charge in [-0.25, -0.2) is 0 Å². The topological polar surface area (TPSA) is 80.5 Å². The van der Waals surface area contributed by atoms with Gasteiger partial charge in [0.25, 0.3) is 0 Å². The first-order valence-corrected chi connectivity index (χ1v) is 4.85. The molecule has 3 rings (SSSR count). The van der Waals surface area contributed by atoms with Gasteiger partial charge in [0, 0.05) is 23.3 Å². The molecule has 3 N–H and O–H groups in total. The van der Waals surface area contributed by atoms with E-state index in [0.717, 1.165) is 16.3 Å². The van der Waals surface area contributed by atoms with E-state index in [1.165, 1.54) is 0 Å². The maximum absolute atomic E-state index is 5.47. The molecule has 3 aromatic rings. The lowest BCUT2D eigenvalue weighted by Gasteiger charge is -1.99. The minimum Gasteiger partial charge on any atom is -0.366 e. The fraction of sp³-hybridized carbons (Fsp3) is 0. The van der Waals surface area contributed by atoms with E-state index in [-0.39, 0.29) is 5.95 Å². The summed E-state index contributed by atoms with van der Waals surface area (Å²) in [5.41, 5.74) is 6.43. The number of nitrogen functional groups attached to an aromatic ring is 1. The van der Waals surface area contributed by atoms with Crippen LogP contribution >= 0.6 is 0 Å². The van der Waals surface area contributed by atoms with Crippen molar-refractivity contribution < 1.29 is 0 Å². The van der Waals surface area contributed by atoms with Crippen LogP contribution < -0.4 is 5.73 Å². The Hall–Kier alpha value is -2.43. The minimum atomic E-state index is 0.254. The number of aromatic nitrogens is 4. The Labute approximate surface area is 91.3 Å². The lowest BCUT2D eigenvalue weighted by molar-refractivity contribution is 1.10. The molecule has 16 heavy (non-hydrogen) atoms. The number of H-pyrrole nitrogens is 1. The van der Waals surface area contributed by atoms with Crippen LogP contribution in [0.25, 0.3) is 22.2 Å². The first-order chi connectivity index (χ1) is 7.83. The number of benzene rings is 1. The van der Waals surface area contributed by atoms with Gasteiger partial charge in [0.15, 0.2) is 5.82 Å². The van der Waals surface area contributed by atoms with Gasteiger partial charge in [-0.1, -0.05) is 12.1 Å². The molecule has 0 saturated carbocycles. The normalized spacial score (nSPS) is 10.8. The van der Waals surface area contributed by atoms with Crippen molar-refractivity contribution in [3.8, 4) is 11.4 Å². The van der Waals surface area contributed by atoms with Gasteiger partial charge in [-0.15, -0.1) is 5.10 Å². The molecule has 0 unspecified atom stereocenters. The zero-order valence-corrected chi connectivity index (χ0v) is 8.38. The summed E-state index contributed by atoms with van der Waals surface area (Å²) >= 11 is 0. The molecule has 0 amide bonds. The maximum Gasteiger partial charge on any atom is 0.239 e.